The molecule has 258 valence electrons. The van der Waals surface area contributed by atoms with Crippen molar-refractivity contribution < 1.29 is 59.7 Å². The zero-order chi connectivity index (χ0) is 34.9. The highest BCUT2D eigenvalue weighted by molar-refractivity contribution is 5.92. The Morgan fingerprint density at radius 1 is 0.915 bits per heavy atom. The Kier molecular flexibility index (Phi) is 10.3. The lowest BCUT2D eigenvalue weighted by Gasteiger charge is -2.43. The van der Waals surface area contributed by atoms with Crippen LogP contribution in [0.1, 0.15) is 79.8 Å². The molecular formula is C32H36F6N2O7. The molecule has 0 unspecified atom stereocenters. The van der Waals surface area contributed by atoms with Crippen LogP contribution in [0.25, 0.3) is 0 Å². The second kappa shape index (κ2) is 13.5. The monoisotopic (exact) mass is 674 g/mol. The summed E-state index contributed by atoms with van der Waals surface area (Å²) in [6.07, 6.45) is -9.68. The highest BCUT2D eigenvalue weighted by Crippen LogP contribution is 2.51. The van der Waals surface area contributed by atoms with Gasteiger partial charge in [0.1, 0.15) is 5.75 Å². The smallest absolute Gasteiger partial charge is 0.416 e. The third kappa shape index (κ3) is 6.93. The van der Waals surface area contributed by atoms with E-state index in [-0.39, 0.29) is 36.1 Å². The number of hydrogen-bond acceptors (Lipinski definition) is 7. The molecule has 0 saturated heterocycles. The van der Waals surface area contributed by atoms with Gasteiger partial charge in [-0.1, -0.05) is 12.8 Å². The van der Waals surface area contributed by atoms with E-state index in [9.17, 15) is 40.7 Å². The van der Waals surface area contributed by atoms with E-state index >= 15 is 0 Å². The van der Waals surface area contributed by atoms with Crippen molar-refractivity contribution >= 4 is 23.8 Å². The zero-order valence-corrected chi connectivity index (χ0v) is 26.5. The molecule has 0 N–H and O–H groups in total. The van der Waals surface area contributed by atoms with Gasteiger partial charge in [-0.15, -0.1) is 0 Å². The number of esters is 1. The number of halogens is 6. The standard InChI is InChI=1S/C32H36F6N2O7/c1-6-47-29(43)40-18(2)11-24(22-15-26(44-3)23(16-25(22)40)30(27(41)45-4)9-7-8-10-30)39(28(42)46-5)17-19-12-20(31(33,34)35)14-21(13-19)32(36,37)38/h12-16,18,24H,6-11,17H2,1-5H3/t18-,24+/m0/s1. The first-order valence-corrected chi connectivity index (χ1v) is 14.9. The number of anilines is 1. The molecule has 1 aliphatic carbocycles. The van der Waals surface area contributed by atoms with Crippen molar-refractivity contribution in [3.05, 3.63) is 58.1 Å². The summed E-state index contributed by atoms with van der Waals surface area (Å²) in [6.45, 7) is 2.60. The molecule has 2 atom stereocenters. The first-order valence-electron chi connectivity index (χ1n) is 14.9. The van der Waals surface area contributed by atoms with Crippen molar-refractivity contribution in [1.82, 2.24) is 4.90 Å². The number of alkyl halides is 6. The van der Waals surface area contributed by atoms with Gasteiger partial charge < -0.3 is 18.9 Å². The van der Waals surface area contributed by atoms with Crippen molar-refractivity contribution in [2.75, 3.05) is 32.8 Å². The number of fused-ring (bicyclic) bond motifs is 1. The Bertz CT molecular complexity index is 1470. The average Bonchev–Trinajstić information content (AvgIpc) is 3.52. The number of amides is 2. The summed E-state index contributed by atoms with van der Waals surface area (Å²) >= 11 is 0. The minimum atomic E-state index is -5.10. The molecule has 0 bridgehead atoms. The summed E-state index contributed by atoms with van der Waals surface area (Å²) in [5, 5.41) is 0. The molecule has 47 heavy (non-hydrogen) atoms. The molecule has 2 aliphatic rings. The number of nitrogens with zero attached hydrogens (tertiary/aromatic N) is 2. The molecule has 9 nitrogen and oxygen atoms in total. The van der Waals surface area contributed by atoms with Crippen LogP contribution in [0.2, 0.25) is 0 Å². The number of hydrogen-bond donors (Lipinski definition) is 0. The van der Waals surface area contributed by atoms with E-state index in [0.717, 1.165) is 12.0 Å². The van der Waals surface area contributed by atoms with Gasteiger partial charge in [-0.2, -0.15) is 26.3 Å². The summed E-state index contributed by atoms with van der Waals surface area (Å²) in [5.41, 5.74) is -3.68. The number of methoxy groups -OCH3 is 3. The van der Waals surface area contributed by atoms with Crippen molar-refractivity contribution in [2.45, 2.75) is 82.3 Å². The number of ether oxygens (including phenoxy) is 4. The van der Waals surface area contributed by atoms with E-state index in [2.05, 4.69) is 0 Å². The molecule has 1 saturated carbocycles. The maximum absolute atomic E-state index is 13.7. The highest BCUT2D eigenvalue weighted by atomic mass is 19.4. The summed E-state index contributed by atoms with van der Waals surface area (Å²) in [6, 6.07) is 2.51. The Morgan fingerprint density at radius 2 is 1.51 bits per heavy atom. The second-order valence-electron chi connectivity index (χ2n) is 11.6. The number of rotatable bonds is 7. The van der Waals surface area contributed by atoms with Gasteiger partial charge in [0.25, 0.3) is 0 Å². The Labute approximate surface area is 267 Å². The van der Waals surface area contributed by atoms with E-state index < -0.39 is 71.2 Å². The molecule has 2 amide bonds. The molecular weight excluding hydrogens is 638 g/mol. The molecule has 0 radical (unpaired) electrons. The van der Waals surface area contributed by atoms with Crippen LogP contribution in [-0.4, -0.2) is 57.0 Å². The Hall–Kier alpha value is -4.17. The first-order chi connectivity index (χ1) is 22.0. The fraction of sp³-hybridized carbons (Fsp3) is 0.531. The van der Waals surface area contributed by atoms with Crippen molar-refractivity contribution in [1.29, 1.82) is 0 Å². The SMILES string of the molecule is CCOC(=O)N1c2cc(C3(C(=O)OC)CCCC3)c(OC)cc2[C@H](N(Cc2cc(C(F)(F)F)cc(C(F)(F)F)c2)C(=O)OC)C[C@@H]1C. The predicted molar refractivity (Wildman–Crippen MR) is 156 cm³/mol. The maximum Gasteiger partial charge on any atom is 0.416 e. The number of carbonyl (C=O) groups is 3. The average molecular weight is 675 g/mol. The van der Waals surface area contributed by atoms with Gasteiger partial charge in [0.15, 0.2) is 0 Å². The third-order valence-corrected chi connectivity index (χ3v) is 8.77. The van der Waals surface area contributed by atoms with Crippen LogP contribution >= 0.6 is 0 Å². The van der Waals surface area contributed by atoms with Crippen molar-refractivity contribution in [3.8, 4) is 5.75 Å². The van der Waals surface area contributed by atoms with Crippen LogP contribution in [-0.2, 0) is 43.3 Å². The molecule has 1 aliphatic heterocycles. The summed E-state index contributed by atoms with van der Waals surface area (Å²) in [4.78, 5) is 42.2. The van der Waals surface area contributed by atoms with E-state index in [1.165, 1.54) is 25.2 Å². The van der Waals surface area contributed by atoms with Crippen molar-refractivity contribution in [3.63, 3.8) is 0 Å². The van der Waals surface area contributed by atoms with Crippen molar-refractivity contribution in [2.24, 2.45) is 0 Å². The minimum Gasteiger partial charge on any atom is -0.496 e. The molecule has 4 rings (SSSR count). The molecule has 15 heteroatoms. The van der Waals surface area contributed by atoms with Crippen LogP contribution in [0.15, 0.2) is 30.3 Å². The van der Waals surface area contributed by atoms with E-state index in [1.54, 1.807) is 19.9 Å². The molecule has 2 aromatic rings. The summed E-state index contributed by atoms with van der Waals surface area (Å²) in [7, 11) is 3.67. The third-order valence-electron chi connectivity index (χ3n) is 8.77. The van der Waals surface area contributed by atoms with Crippen LogP contribution < -0.4 is 9.64 Å². The number of benzene rings is 2. The van der Waals surface area contributed by atoms with Crippen LogP contribution in [0, 0.1) is 0 Å². The molecule has 2 aromatic carbocycles. The largest absolute Gasteiger partial charge is 0.496 e. The fourth-order valence-corrected chi connectivity index (χ4v) is 6.65. The topological polar surface area (TPSA) is 94.6 Å². The fourth-order valence-electron chi connectivity index (χ4n) is 6.65. The van der Waals surface area contributed by atoms with Gasteiger partial charge >= 0.3 is 30.5 Å². The van der Waals surface area contributed by atoms with Crippen LogP contribution in [0.5, 0.6) is 5.75 Å². The lowest BCUT2D eigenvalue weighted by Crippen LogP contribution is -2.48. The predicted octanol–water partition coefficient (Wildman–Crippen LogP) is 7.78. The van der Waals surface area contributed by atoms with E-state index in [4.69, 9.17) is 18.9 Å². The lowest BCUT2D eigenvalue weighted by atomic mass is 9.76. The quantitative estimate of drug-likeness (QED) is 0.168. The van der Waals surface area contributed by atoms with Gasteiger partial charge in [-0.25, -0.2) is 9.59 Å². The normalized spacial score (nSPS) is 19.1. The van der Waals surface area contributed by atoms with Crippen LogP contribution in [0.4, 0.5) is 41.6 Å². The summed E-state index contributed by atoms with van der Waals surface area (Å²) in [5.74, 6) is -0.278. The molecule has 1 fully saturated rings. The Morgan fingerprint density at radius 3 is 2.00 bits per heavy atom. The molecule has 0 aromatic heterocycles. The maximum atomic E-state index is 13.7. The zero-order valence-electron chi connectivity index (χ0n) is 26.5. The van der Waals surface area contributed by atoms with Gasteiger partial charge in [-0.05, 0) is 69.0 Å². The van der Waals surface area contributed by atoms with E-state index in [1.807, 2.05) is 0 Å². The van der Waals surface area contributed by atoms with Gasteiger partial charge in [0.2, 0.25) is 0 Å². The Balaban J connectivity index is 1.95. The van der Waals surface area contributed by atoms with Crippen LogP contribution in [0.3, 0.4) is 0 Å². The van der Waals surface area contributed by atoms with Gasteiger partial charge in [0, 0.05) is 23.7 Å². The number of carbonyl (C=O) groups excluding carboxylic acids is 3. The lowest BCUT2D eigenvalue weighted by molar-refractivity contribution is -0.147. The minimum absolute atomic E-state index is 0.00332. The summed E-state index contributed by atoms with van der Waals surface area (Å²) < 4.78 is 103. The van der Waals surface area contributed by atoms with E-state index in [0.29, 0.717) is 43.4 Å². The highest BCUT2D eigenvalue weighted by Gasteiger charge is 2.48. The van der Waals surface area contributed by atoms with Gasteiger partial charge in [-0.3, -0.25) is 14.6 Å². The second-order valence-corrected chi connectivity index (χ2v) is 11.6. The molecule has 0 spiro atoms. The molecule has 1 heterocycles. The van der Waals surface area contributed by atoms with Gasteiger partial charge in [0.05, 0.1) is 56.2 Å². The first kappa shape index (κ1) is 35.7.